The van der Waals surface area contributed by atoms with E-state index in [1.807, 2.05) is 18.2 Å². The van der Waals surface area contributed by atoms with Crippen molar-refractivity contribution < 1.29 is 14.4 Å². The minimum atomic E-state index is -0.744. The van der Waals surface area contributed by atoms with Crippen LogP contribution in [0.2, 0.25) is 0 Å². The van der Waals surface area contributed by atoms with E-state index in [4.69, 9.17) is 9.63 Å². The van der Waals surface area contributed by atoms with E-state index in [1.54, 1.807) is 6.20 Å². The summed E-state index contributed by atoms with van der Waals surface area (Å²) in [6.07, 6.45) is 3.73. The highest BCUT2D eigenvalue weighted by Gasteiger charge is 2.47. The molecule has 0 saturated heterocycles. The Hall–Kier alpha value is -1.84. The Labute approximate surface area is 91.9 Å². The van der Waals surface area contributed by atoms with Gasteiger partial charge in [0.1, 0.15) is 0 Å². The number of carboxylic acids is 1. The molecular formula is C12H11NO3. The summed E-state index contributed by atoms with van der Waals surface area (Å²) in [7, 11) is 0. The summed E-state index contributed by atoms with van der Waals surface area (Å²) in [6.45, 7) is 0. The molecule has 16 heavy (non-hydrogen) atoms. The van der Waals surface area contributed by atoms with Gasteiger partial charge in [-0.1, -0.05) is 17.3 Å². The van der Waals surface area contributed by atoms with E-state index >= 15 is 0 Å². The van der Waals surface area contributed by atoms with Crippen molar-refractivity contribution in [2.45, 2.75) is 24.7 Å². The van der Waals surface area contributed by atoms with Gasteiger partial charge in [-0.15, -0.1) is 0 Å². The third-order valence-electron chi connectivity index (χ3n) is 3.31. The van der Waals surface area contributed by atoms with Gasteiger partial charge in [0.15, 0.2) is 5.58 Å². The molecular weight excluding hydrogens is 206 g/mol. The van der Waals surface area contributed by atoms with Gasteiger partial charge in [0, 0.05) is 10.8 Å². The number of rotatable bonds is 3. The lowest BCUT2D eigenvalue weighted by atomic mass is 9.90. The molecule has 1 aromatic carbocycles. The Kier molecular flexibility index (Phi) is 1.80. The fourth-order valence-corrected chi connectivity index (χ4v) is 2.34. The SMILES string of the molecule is O=C(O)CC1(c2cccc3oncc23)CC1. The van der Waals surface area contributed by atoms with Gasteiger partial charge in [-0.25, -0.2) is 0 Å². The number of carboxylic acid groups (broad SMARTS) is 1. The van der Waals surface area contributed by atoms with Crippen LogP contribution >= 0.6 is 0 Å². The molecule has 0 unspecified atom stereocenters. The zero-order valence-corrected chi connectivity index (χ0v) is 8.64. The normalized spacial score (nSPS) is 17.5. The van der Waals surface area contributed by atoms with Crippen LogP contribution in [0.3, 0.4) is 0 Å². The van der Waals surface area contributed by atoms with Crippen LogP contribution in [0.5, 0.6) is 0 Å². The first-order valence-corrected chi connectivity index (χ1v) is 5.27. The van der Waals surface area contributed by atoms with Crippen molar-refractivity contribution in [2.24, 2.45) is 0 Å². The van der Waals surface area contributed by atoms with Crippen molar-refractivity contribution in [3.8, 4) is 0 Å². The Morgan fingerprint density at radius 3 is 3.00 bits per heavy atom. The van der Waals surface area contributed by atoms with Gasteiger partial charge >= 0.3 is 5.97 Å². The second-order valence-electron chi connectivity index (χ2n) is 4.39. The summed E-state index contributed by atoms with van der Waals surface area (Å²) in [4.78, 5) is 10.9. The highest BCUT2D eigenvalue weighted by molar-refractivity contribution is 5.83. The lowest BCUT2D eigenvalue weighted by molar-refractivity contribution is -0.137. The van der Waals surface area contributed by atoms with Gasteiger partial charge in [-0.05, 0) is 24.5 Å². The first-order valence-electron chi connectivity index (χ1n) is 5.27. The second-order valence-corrected chi connectivity index (χ2v) is 4.39. The molecule has 1 N–H and O–H groups in total. The van der Waals surface area contributed by atoms with E-state index in [-0.39, 0.29) is 11.8 Å². The molecule has 4 nitrogen and oxygen atoms in total. The maximum Gasteiger partial charge on any atom is 0.304 e. The van der Waals surface area contributed by atoms with Gasteiger partial charge in [0.2, 0.25) is 0 Å². The molecule has 1 fully saturated rings. The molecule has 0 aliphatic heterocycles. The van der Waals surface area contributed by atoms with Crippen LogP contribution in [0, 0.1) is 0 Å². The van der Waals surface area contributed by atoms with Crippen LogP contribution in [0.1, 0.15) is 24.8 Å². The Morgan fingerprint density at radius 2 is 2.31 bits per heavy atom. The number of nitrogens with zero attached hydrogens (tertiary/aromatic N) is 1. The molecule has 1 aliphatic carbocycles. The smallest absolute Gasteiger partial charge is 0.304 e. The van der Waals surface area contributed by atoms with E-state index < -0.39 is 5.97 Å². The summed E-state index contributed by atoms with van der Waals surface area (Å²) in [6, 6.07) is 5.73. The molecule has 4 heteroatoms. The van der Waals surface area contributed by atoms with Gasteiger partial charge in [0.05, 0.1) is 12.6 Å². The van der Waals surface area contributed by atoms with Crippen LogP contribution in [0.15, 0.2) is 28.9 Å². The first kappa shape index (κ1) is 9.39. The van der Waals surface area contributed by atoms with Crippen LogP contribution < -0.4 is 0 Å². The first-order chi connectivity index (χ1) is 7.71. The Balaban J connectivity index is 2.12. The molecule has 1 heterocycles. The highest BCUT2D eigenvalue weighted by atomic mass is 16.5. The molecule has 3 rings (SSSR count). The lowest BCUT2D eigenvalue weighted by Gasteiger charge is -2.13. The summed E-state index contributed by atoms with van der Waals surface area (Å²) in [5.41, 5.74) is 1.61. The van der Waals surface area contributed by atoms with E-state index in [2.05, 4.69) is 5.16 Å². The standard InChI is InChI=1S/C12H11NO3/c14-11(15)6-12(4-5-12)9-2-1-3-10-8(9)7-13-16-10/h1-3,7H,4-6H2,(H,14,15). The summed E-state index contributed by atoms with van der Waals surface area (Å²) < 4.78 is 5.09. The molecule has 0 spiro atoms. The summed E-state index contributed by atoms with van der Waals surface area (Å²) >= 11 is 0. The van der Waals surface area contributed by atoms with Crippen molar-refractivity contribution >= 4 is 16.9 Å². The molecule has 0 radical (unpaired) electrons. The molecule has 2 aromatic rings. The van der Waals surface area contributed by atoms with Gasteiger partial charge in [-0.2, -0.15) is 0 Å². The zero-order valence-electron chi connectivity index (χ0n) is 8.64. The largest absolute Gasteiger partial charge is 0.481 e. The van der Waals surface area contributed by atoms with Crippen molar-refractivity contribution in [1.82, 2.24) is 5.16 Å². The minimum Gasteiger partial charge on any atom is -0.481 e. The summed E-state index contributed by atoms with van der Waals surface area (Å²) in [5, 5.41) is 13.6. The monoisotopic (exact) mass is 217 g/mol. The third-order valence-corrected chi connectivity index (χ3v) is 3.31. The average molecular weight is 217 g/mol. The maximum absolute atomic E-state index is 10.9. The number of benzene rings is 1. The lowest BCUT2D eigenvalue weighted by Crippen LogP contribution is -2.13. The van der Waals surface area contributed by atoms with E-state index in [0.29, 0.717) is 0 Å². The molecule has 1 saturated carbocycles. The molecule has 1 aromatic heterocycles. The quantitative estimate of drug-likeness (QED) is 0.857. The average Bonchev–Trinajstić information content (AvgIpc) is 2.85. The molecule has 1 aliphatic rings. The maximum atomic E-state index is 10.9. The fraction of sp³-hybridized carbons (Fsp3) is 0.333. The zero-order chi connectivity index (χ0) is 11.2. The minimum absolute atomic E-state index is 0.184. The van der Waals surface area contributed by atoms with E-state index in [1.165, 1.54) is 0 Å². The fourth-order valence-electron chi connectivity index (χ4n) is 2.34. The predicted octanol–water partition coefficient (Wildman–Crippen LogP) is 2.33. The van der Waals surface area contributed by atoms with E-state index in [0.717, 1.165) is 29.4 Å². The number of hydrogen-bond acceptors (Lipinski definition) is 3. The van der Waals surface area contributed by atoms with Crippen LogP contribution in [-0.2, 0) is 10.2 Å². The molecule has 0 atom stereocenters. The van der Waals surface area contributed by atoms with Gasteiger partial charge < -0.3 is 9.63 Å². The summed E-state index contributed by atoms with van der Waals surface area (Å²) in [5.74, 6) is -0.744. The van der Waals surface area contributed by atoms with E-state index in [9.17, 15) is 4.79 Å². The van der Waals surface area contributed by atoms with Crippen molar-refractivity contribution in [1.29, 1.82) is 0 Å². The number of aromatic nitrogens is 1. The number of hydrogen-bond donors (Lipinski definition) is 1. The number of fused-ring (bicyclic) bond motifs is 1. The second kappa shape index (κ2) is 3.07. The van der Waals surface area contributed by atoms with Crippen molar-refractivity contribution in [2.75, 3.05) is 0 Å². The van der Waals surface area contributed by atoms with Crippen LogP contribution in [0.4, 0.5) is 0 Å². The van der Waals surface area contributed by atoms with Crippen molar-refractivity contribution in [3.63, 3.8) is 0 Å². The molecule has 0 bridgehead atoms. The van der Waals surface area contributed by atoms with Crippen LogP contribution in [0.25, 0.3) is 11.0 Å². The third kappa shape index (κ3) is 1.30. The Morgan fingerprint density at radius 1 is 1.50 bits per heavy atom. The van der Waals surface area contributed by atoms with Crippen LogP contribution in [-0.4, -0.2) is 16.2 Å². The number of aliphatic carboxylic acids is 1. The highest BCUT2D eigenvalue weighted by Crippen LogP contribution is 2.52. The topological polar surface area (TPSA) is 63.3 Å². The Bertz CT molecular complexity index is 554. The predicted molar refractivity (Wildman–Crippen MR) is 57.2 cm³/mol. The van der Waals surface area contributed by atoms with Gasteiger partial charge in [0.25, 0.3) is 0 Å². The molecule has 0 amide bonds. The van der Waals surface area contributed by atoms with Gasteiger partial charge in [-0.3, -0.25) is 4.79 Å². The van der Waals surface area contributed by atoms with Crippen molar-refractivity contribution in [3.05, 3.63) is 30.0 Å². The number of carbonyl (C=O) groups is 1. The molecule has 82 valence electrons.